The summed E-state index contributed by atoms with van der Waals surface area (Å²) in [5.41, 5.74) is 0. The highest BCUT2D eigenvalue weighted by molar-refractivity contribution is 5.63. The second-order valence-corrected chi connectivity index (χ2v) is 2.41. The highest BCUT2D eigenvalue weighted by Gasteiger charge is 2.04. The Bertz CT molecular complexity index is 336. The molecule has 0 N–H and O–H groups in total. The molecule has 0 atom stereocenters. The third-order valence-corrected chi connectivity index (χ3v) is 1.32. The Labute approximate surface area is 80.8 Å². The lowest BCUT2D eigenvalue weighted by molar-refractivity contribution is 0.109. The average Bonchev–Trinajstić information content (AvgIpc) is 2.15. The van der Waals surface area contributed by atoms with E-state index >= 15 is 0 Å². The predicted octanol–water partition coefficient (Wildman–Crippen LogP) is 2.53. The molecule has 74 valence electrons. The molecule has 3 nitrogen and oxygen atoms in total. The Morgan fingerprint density at radius 3 is 3.00 bits per heavy atom. The van der Waals surface area contributed by atoms with Crippen LogP contribution in [0.3, 0.4) is 0 Å². The largest absolute Gasteiger partial charge is 0.514 e. The first-order valence-corrected chi connectivity index (χ1v) is 3.93. The van der Waals surface area contributed by atoms with Gasteiger partial charge in [0.1, 0.15) is 18.2 Å². The summed E-state index contributed by atoms with van der Waals surface area (Å²) in [6.07, 6.45) is 0.530. The van der Waals surface area contributed by atoms with Crippen molar-refractivity contribution in [1.82, 2.24) is 0 Å². The lowest BCUT2D eigenvalue weighted by Crippen LogP contribution is -2.10. The third-order valence-electron chi connectivity index (χ3n) is 1.32. The van der Waals surface area contributed by atoms with Gasteiger partial charge in [0.15, 0.2) is 0 Å². The van der Waals surface area contributed by atoms with Crippen LogP contribution in [-0.4, -0.2) is 12.8 Å². The number of hydrogen-bond donors (Lipinski definition) is 0. The minimum absolute atomic E-state index is 0.0636. The normalized spacial score (nSPS) is 9.21. The Morgan fingerprint density at radius 2 is 2.36 bits per heavy atom. The maximum atomic E-state index is 12.6. The van der Waals surface area contributed by atoms with Crippen molar-refractivity contribution in [3.05, 3.63) is 42.7 Å². The third kappa shape index (κ3) is 3.26. The smallest absolute Gasteiger partial charge is 0.430 e. The monoisotopic (exact) mass is 196 g/mol. The summed E-state index contributed by atoms with van der Waals surface area (Å²) in [7, 11) is 0. The van der Waals surface area contributed by atoms with Gasteiger partial charge in [-0.3, -0.25) is 0 Å². The number of halogens is 1. The quantitative estimate of drug-likeness (QED) is 0.423. The number of benzene rings is 1. The molecule has 0 heterocycles. The molecule has 0 saturated heterocycles. The van der Waals surface area contributed by atoms with E-state index in [1.807, 2.05) is 0 Å². The maximum absolute atomic E-state index is 12.6. The van der Waals surface area contributed by atoms with E-state index in [-0.39, 0.29) is 12.4 Å². The molecule has 0 unspecified atom stereocenters. The van der Waals surface area contributed by atoms with Crippen LogP contribution >= 0.6 is 0 Å². The summed E-state index contributed by atoms with van der Waals surface area (Å²) >= 11 is 0. The van der Waals surface area contributed by atoms with E-state index in [0.717, 1.165) is 6.07 Å². The summed E-state index contributed by atoms with van der Waals surface area (Å²) in [5, 5.41) is 0. The Kier molecular flexibility index (Phi) is 3.67. The fraction of sp³-hybridized carbons (Fsp3) is 0.100. The van der Waals surface area contributed by atoms with Gasteiger partial charge in [0.05, 0.1) is 0 Å². The van der Waals surface area contributed by atoms with Crippen LogP contribution in [0.5, 0.6) is 5.75 Å². The number of carbonyl (C=O) groups excluding carboxylic acids is 1. The lowest BCUT2D eigenvalue weighted by Gasteiger charge is -2.03. The van der Waals surface area contributed by atoms with Gasteiger partial charge in [0, 0.05) is 6.07 Å². The first-order valence-electron chi connectivity index (χ1n) is 3.93. The molecule has 0 amide bonds. The van der Waals surface area contributed by atoms with Gasteiger partial charge in [0.2, 0.25) is 0 Å². The van der Waals surface area contributed by atoms with Crippen LogP contribution in [-0.2, 0) is 4.74 Å². The zero-order valence-electron chi connectivity index (χ0n) is 7.40. The molecule has 0 saturated carbocycles. The number of rotatable bonds is 3. The average molecular weight is 196 g/mol. The molecule has 0 aliphatic rings. The highest BCUT2D eigenvalue weighted by Crippen LogP contribution is 2.12. The van der Waals surface area contributed by atoms with E-state index < -0.39 is 12.0 Å². The van der Waals surface area contributed by atoms with Crippen molar-refractivity contribution in [3.63, 3.8) is 0 Å². The molecule has 14 heavy (non-hydrogen) atoms. The number of ether oxygens (including phenoxy) is 2. The molecule has 1 aromatic rings. The fourth-order valence-corrected chi connectivity index (χ4v) is 0.783. The summed E-state index contributed by atoms with van der Waals surface area (Å²) in [6.45, 7) is 3.42. The Hall–Kier alpha value is -1.84. The standard InChI is InChI=1S/C10H9FO3/c1-2-6-13-10(12)14-9-5-3-4-8(11)7-9/h2-5,7H,1,6H2. The topological polar surface area (TPSA) is 35.5 Å². The maximum Gasteiger partial charge on any atom is 0.514 e. The zero-order chi connectivity index (χ0) is 10.4. The minimum Gasteiger partial charge on any atom is -0.430 e. The van der Waals surface area contributed by atoms with Crippen molar-refractivity contribution in [1.29, 1.82) is 0 Å². The van der Waals surface area contributed by atoms with Gasteiger partial charge in [-0.1, -0.05) is 18.7 Å². The van der Waals surface area contributed by atoms with Crippen LogP contribution in [0.15, 0.2) is 36.9 Å². The van der Waals surface area contributed by atoms with Crippen LogP contribution in [0.2, 0.25) is 0 Å². The van der Waals surface area contributed by atoms with E-state index in [1.165, 1.54) is 24.3 Å². The Morgan fingerprint density at radius 1 is 1.57 bits per heavy atom. The van der Waals surface area contributed by atoms with Gasteiger partial charge in [-0.2, -0.15) is 0 Å². The van der Waals surface area contributed by atoms with Crippen LogP contribution in [0, 0.1) is 5.82 Å². The van der Waals surface area contributed by atoms with Crippen LogP contribution in [0.1, 0.15) is 0 Å². The van der Waals surface area contributed by atoms with Gasteiger partial charge in [-0.25, -0.2) is 9.18 Å². The summed E-state index contributed by atoms with van der Waals surface area (Å²) in [4.78, 5) is 10.9. The van der Waals surface area contributed by atoms with Crippen molar-refractivity contribution >= 4 is 6.16 Å². The summed E-state index contributed by atoms with van der Waals surface area (Å²) < 4.78 is 21.8. The van der Waals surface area contributed by atoms with Crippen LogP contribution in [0.4, 0.5) is 9.18 Å². The second-order valence-electron chi connectivity index (χ2n) is 2.41. The van der Waals surface area contributed by atoms with Crippen molar-refractivity contribution in [2.75, 3.05) is 6.61 Å². The number of hydrogen-bond acceptors (Lipinski definition) is 3. The zero-order valence-corrected chi connectivity index (χ0v) is 7.40. The summed E-state index contributed by atoms with van der Waals surface area (Å²) in [6, 6.07) is 5.24. The Balaban J connectivity index is 2.51. The van der Waals surface area contributed by atoms with E-state index in [2.05, 4.69) is 16.1 Å². The highest BCUT2D eigenvalue weighted by atomic mass is 19.1. The SMILES string of the molecule is C=CCOC(=O)Oc1cccc(F)c1. The molecule has 1 rings (SSSR count). The molecular weight excluding hydrogens is 187 g/mol. The molecular formula is C10H9FO3. The van der Waals surface area contributed by atoms with Crippen molar-refractivity contribution in [2.24, 2.45) is 0 Å². The summed E-state index contributed by atoms with van der Waals surface area (Å²) in [5.74, 6) is -0.363. The van der Waals surface area contributed by atoms with E-state index in [0.29, 0.717) is 0 Å². The van der Waals surface area contributed by atoms with Crippen molar-refractivity contribution in [3.8, 4) is 5.75 Å². The fourth-order valence-electron chi connectivity index (χ4n) is 0.783. The number of carbonyl (C=O) groups is 1. The molecule has 0 fully saturated rings. The molecule has 0 radical (unpaired) electrons. The van der Waals surface area contributed by atoms with E-state index in [1.54, 1.807) is 0 Å². The van der Waals surface area contributed by atoms with Gasteiger partial charge in [-0.15, -0.1) is 0 Å². The second kappa shape index (κ2) is 5.01. The lowest BCUT2D eigenvalue weighted by atomic mass is 10.3. The molecule has 1 aromatic carbocycles. The molecule has 0 aromatic heterocycles. The molecule has 4 heteroatoms. The van der Waals surface area contributed by atoms with Gasteiger partial charge in [-0.05, 0) is 12.1 Å². The van der Waals surface area contributed by atoms with Crippen LogP contribution < -0.4 is 4.74 Å². The van der Waals surface area contributed by atoms with E-state index in [4.69, 9.17) is 0 Å². The predicted molar refractivity (Wildman–Crippen MR) is 48.6 cm³/mol. The molecule has 0 aliphatic carbocycles. The van der Waals surface area contributed by atoms with E-state index in [9.17, 15) is 9.18 Å². The first-order chi connectivity index (χ1) is 6.72. The molecule has 0 spiro atoms. The van der Waals surface area contributed by atoms with Crippen molar-refractivity contribution < 1.29 is 18.7 Å². The molecule has 0 aliphatic heterocycles. The first kappa shape index (κ1) is 10.2. The van der Waals surface area contributed by atoms with Crippen molar-refractivity contribution in [2.45, 2.75) is 0 Å². The van der Waals surface area contributed by atoms with Gasteiger partial charge < -0.3 is 9.47 Å². The van der Waals surface area contributed by atoms with Gasteiger partial charge in [0.25, 0.3) is 0 Å². The minimum atomic E-state index is -0.879. The molecule has 0 bridgehead atoms. The van der Waals surface area contributed by atoms with Gasteiger partial charge >= 0.3 is 6.16 Å². The van der Waals surface area contributed by atoms with Crippen LogP contribution in [0.25, 0.3) is 0 Å².